The second-order valence-corrected chi connectivity index (χ2v) is 10.7. The Morgan fingerprint density at radius 1 is 0.636 bits per heavy atom. The molecule has 2 aromatic rings. The topological polar surface area (TPSA) is 93.7 Å². The van der Waals surface area contributed by atoms with Crippen LogP contribution in [0, 0.1) is 0 Å². The Morgan fingerprint density at radius 2 is 1.09 bits per heavy atom. The van der Waals surface area contributed by atoms with Crippen molar-refractivity contribution >= 4 is 20.9 Å². The van der Waals surface area contributed by atoms with E-state index in [1.807, 2.05) is 12.1 Å². The standard InChI is InChI=1S/C28H44O3S.H3N/c1-3-5-7-9-11-13-15-17-24-19-20-27-26(21-24)22-25(23-28(27)32(29,30)31)18-16-14-12-10-8-6-4-2;/h19-23H,3-18H2,1-2H3,(H,29,30,31);1H3. The minimum Gasteiger partial charge on any atom is -0.744 e. The zero-order valence-corrected chi connectivity index (χ0v) is 22.1. The molecule has 0 spiro atoms. The molecule has 2 rings (SSSR count). The molecule has 5 heteroatoms. The number of hydrogen-bond acceptors (Lipinski definition) is 3. The summed E-state index contributed by atoms with van der Waals surface area (Å²) >= 11 is 0. The van der Waals surface area contributed by atoms with Gasteiger partial charge < -0.3 is 10.7 Å². The maximum absolute atomic E-state index is 11.9. The molecule has 0 heterocycles. The van der Waals surface area contributed by atoms with Gasteiger partial charge in [-0.05, 0) is 53.6 Å². The van der Waals surface area contributed by atoms with Crippen molar-refractivity contribution in [3.8, 4) is 0 Å². The Balaban J connectivity index is 0.00000544. The summed E-state index contributed by atoms with van der Waals surface area (Å²) in [7, 11) is -4.49. The number of aryl methyl sites for hydroxylation is 2. The van der Waals surface area contributed by atoms with E-state index in [-0.39, 0.29) is 11.0 Å². The first kappa shape index (κ1) is 29.6. The van der Waals surface area contributed by atoms with Gasteiger partial charge in [0.1, 0.15) is 10.1 Å². The van der Waals surface area contributed by atoms with Crippen LogP contribution in [0.5, 0.6) is 0 Å². The highest BCUT2D eigenvalue weighted by molar-refractivity contribution is 7.86. The number of benzene rings is 2. The first-order chi connectivity index (χ1) is 15.5. The summed E-state index contributed by atoms with van der Waals surface area (Å²) in [6.45, 7) is 4.46. The van der Waals surface area contributed by atoms with Gasteiger partial charge in [-0.2, -0.15) is 0 Å². The van der Waals surface area contributed by atoms with Crippen molar-refractivity contribution in [2.24, 2.45) is 0 Å². The van der Waals surface area contributed by atoms with Gasteiger partial charge in [0.05, 0.1) is 4.90 Å². The molecule has 0 fully saturated rings. The summed E-state index contributed by atoms with van der Waals surface area (Å²) in [6, 6.07) is 9.61. The summed E-state index contributed by atoms with van der Waals surface area (Å²) in [5, 5.41) is 1.45. The highest BCUT2D eigenvalue weighted by Crippen LogP contribution is 2.28. The van der Waals surface area contributed by atoms with Crippen LogP contribution in [0.4, 0.5) is 0 Å². The van der Waals surface area contributed by atoms with Gasteiger partial charge in [0, 0.05) is 0 Å². The van der Waals surface area contributed by atoms with Crippen LogP contribution in [0.1, 0.15) is 115 Å². The molecule has 0 saturated heterocycles. The van der Waals surface area contributed by atoms with Crippen LogP contribution in [-0.2, 0) is 23.0 Å². The second-order valence-electron chi connectivity index (χ2n) is 9.35. The first-order valence-electron chi connectivity index (χ1n) is 13.0. The lowest BCUT2D eigenvalue weighted by Gasteiger charge is -2.14. The van der Waals surface area contributed by atoms with E-state index in [1.165, 1.54) is 76.2 Å². The van der Waals surface area contributed by atoms with Gasteiger partial charge in [-0.25, -0.2) is 8.42 Å². The van der Waals surface area contributed by atoms with Gasteiger partial charge in [0.2, 0.25) is 0 Å². The Morgan fingerprint density at radius 3 is 1.61 bits per heavy atom. The van der Waals surface area contributed by atoms with Crippen LogP contribution in [0.2, 0.25) is 0 Å². The molecule has 0 saturated carbocycles. The third-order valence-electron chi connectivity index (χ3n) is 6.45. The largest absolute Gasteiger partial charge is 0.744 e. The quantitative estimate of drug-likeness (QED) is 0.182. The van der Waals surface area contributed by atoms with Crippen LogP contribution >= 0.6 is 0 Å². The smallest absolute Gasteiger partial charge is 0.125 e. The summed E-state index contributed by atoms with van der Waals surface area (Å²) in [6.07, 6.45) is 19.3. The normalized spacial score (nSPS) is 11.6. The van der Waals surface area contributed by atoms with E-state index < -0.39 is 10.1 Å². The molecule has 0 atom stereocenters. The zero-order chi connectivity index (χ0) is 23.2. The number of rotatable bonds is 17. The second kappa shape index (κ2) is 16.2. The minimum atomic E-state index is -4.49. The Bertz CT molecular complexity index is 903. The van der Waals surface area contributed by atoms with E-state index in [4.69, 9.17) is 0 Å². The van der Waals surface area contributed by atoms with Crippen LogP contribution in [0.3, 0.4) is 0 Å². The van der Waals surface area contributed by atoms with Gasteiger partial charge in [-0.15, -0.1) is 0 Å². The lowest BCUT2D eigenvalue weighted by molar-refractivity contribution is 0.464. The summed E-state index contributed by atoms with van der Waals surface area (Å²) in [5.74, 6) is 0. The Labute approximate surface area is 202 Å². The van der Waals surface area contributed by atoms with Gasteiger partial charge in [0.25, 0.3) is 0 Å². The molecule has 0 amide bonds. The number of hydrogen-bond donors (Lipinski definition) is 1. The Hall–Kier alpha value is -1.43. The van der Waals surface area contributed by atoms with Crippen LogP contribution in [-0.4, -0.2) is 13.0 Å². The fourth-order valence-electron chi connectivity index (χ4n) is 4.52. The monoisotopic (exact) mass is 477 g/mol. The molecule has 0 aromatic heterocycles. The van der Waals surface area contributed by atoms with Gasteiger partial charge in [-0.1, -0.05) is 115 Å². The van der Waals surface area contributed by atoms with Crippen LogP contribution in [0.25, 0.3) is 10.8 Å². The average Bonchev–Trinajstić information content (AvgIpc) is 2.76. The molecule has 0 aliphatic carbocycles. The molecule has 0 unspecified atom stereocenters. The minimum absolute atomic E-state index is 0. The fraction of sp³-hybridized carbons (Fsp3) is 0.643. The molecule has 4 nitrogen and oxygen atoms in total. The zero-order valence-electron chi connectivity index (χ0n) is 21.3. The lowest BCUT2D eigenvalue weighted by atomic mass is 9.98. The molecular formula is C28H47NO3S. The SMILES string of the molecule is CCCCCCCCCc1ccc2c(S(=O)(=O)[O-])cc(CCCCCCCCC)cc2c1.[NH4+]. The van der Waals surface area contributed by atoms with E-state index in [9.17, 15) is 13.0 Å². The van der Waals surface area contributed by atoms with E-state index in [0.717, 1.165) is 43.1 Å². The maximum Gasteiger partial charge on any atom is 0.125 e. The highest BCUT2D eigenvalue weighted by atomic mass is 32.2. The lowest BCUT2D eigenvalue weighted by Crippen LogP contribution is -2.02. The van der Waals surface area contributed by atoms with Crippen LogP contribution in [0.15, 0.2) is 35.2 Å². The third kappa shape index (κ3) is 11.0. The Kier molecular flexibility index (Phi) is 14.6. The molecule has 0 radical (unpaired) electrons. The van der Waals surface area contributed by atoms with Gasteiger partial charge in [0.15, 0.2) is 0 Å². The third-order valence-corrected chi connectivity index (χ3v) is 7.32. The van der Waals surface area contributed by atoms with Crippen molar-refractivity contribution in [1.29, 1.82) is 0 Å². The molecular weight excluding hydrogens is 430 g/mol. The van der Waals surface area contributed by atoms with E-state index in [1.54, 1.807) is 6.07 Å². The fourth-order valence-corrected chi connectivity index (χ4v) is 5.27. The summed E-state index contributed by atoms with van der Waals surface area (Å²) in [5.41, 5.74) is 2.20. The number of quaternary nitrogens is 1. The highest BCUT2D eigenvalue weighted by Gasteiger charge is 2.11. The molecule has 2 aromatic carbocycles. The predicted octanol–water partition coefficient (Wildman–Crippen LogP) is 8.71. The van der Waals surface area contributed by atoms with E-state index in [0.29, 0.717) is 5.39 Å². The molecule has 0 aliphatic heterocycles. The maximum atomic E-state index is 11.9. The van der Waals surface area contributed by atoms with Crippen molar-refractivity contribution in [1.82, 2.24) is 6.15 Å². The average molecular weight is 478 g/mol. The number of unbranched alkanes of at least 4 members (excludes halogenated alkanes) is 12. The summed E-state index contributed by atoms with van der Waals surface area (Å²) in [4.78, 5) is -0.0598. The van der Waals surface area contributed by atoms with Crippen molar-refractivity contribution in [2.45, 2.75) is 121 Å². The van der Waals surface area contributed by atoms with Gasteiger partial charge in [-0.3, -0.25) is 0 Å². The number of fused-ring (bicyclic) bond motifs is 1. The van der Waals surface area contributed by atoms with Crippen molar-refractivity contribution in [3.05, 3.63) is 41.5 Å². The van der Waals surface area contributed by atoms with Crippen molar-refractivity contribution in [2.75, 3.05) is 0 Å². The molecule has 188 valence electrons. The predicted molar refractivity (Wildman–Crippen MR) is 141 cm³/mol. The van der Waals surface area contributed by atoms with Crippen molar-refractivity contribution < 1.29 is 13.0 Å². The molecule has 4 N–H and O–H groups in total. The van der Waals surface area contributed by atoms with Gasteiger partial charge >= 0.3 is 0 Å². The van der Waals surface area contributed by atoms with Crippen LogP contribution < -0.4 is 6.15 Å². The summed E-state index contributed by atoms with van der Waals surface area (Å²) < 4.78 is 35.8. The molecule has 0 aliphatic rings. The van der Waals surface area contributed by atoms with E-state index in [2.05, 4.69) is 26.0 Å². The van der Waals surface area contributed by atoms with Crippen molar-refractivity contribution in [3.63, 3.8) is 0 Å². The first-order valence-corrected chi connectivity index (χ1v) is 14.4. The molecule has 0 bridgehead atoms. The van der Waals surface area contributed by atoms with E-state index >= 15 is 0 Å². The molecule has 33 heavy (non-hydrogen) atoms.